The van der Waals surface area contributed by atoms with Gasteiger partial charge in [0.25, 0.3) is 0 Å². The Hall–Kier alpha value is -0.660. The quantitative estimate of drug-likeness (QED) is 0.823. The Morgan fingerprint density at radius 2 is 2.22 bits per heavy atom. The number of piperidine rings is 1. The zero-order chi connectivity index (χ0) is 16.2. The first-order chi connectivity index (χ1) is 11.1. The number of aromatic nitrogens is 1. The van der Waals surface area contributed by atoms with Gasteiger partial charge in [0.15, 0.2) is 5.13 Å². The van der Waals surface area contributed by atoms with Crippen LogP contribution in [0.2, 0.25) is 0 Å². The van der Waals surface area contributed by atoms with E-state index in [2.05, 4.69) is 22.1 Å². The number of thioether (sulfide) groups is 1. The number of likely N-dealkylation sites (tertiary alicyclic amines) is 1. The fourth-order valence-corrected chi connectivity index (χ4v) is 5.28. The largest absolute Gasteiger partial charge is 0.358 e. The molecule has 2 heterocycles. The number of thiocarbonyl (C=S) groups is 1. The molecule has 2 aliphatic rings. The van der Waals surface area contributed by atoms with Crippen LogP contribution in [0.4, 0.5) is 5.13 Å². The van der Waals surface area contributed by atoms with Gasteiger partial charge in [0.1, 0.15) is 4.32 Å². The minimum absolute atomic E-state index is 0.00601. The van der Waals surface area contributed by atoms with Crippen LogP contribution < -0.4 is 5.32 Å². The standard InChI is InChI=1S/C16H23N3OS3/c1-11-5-6-12-13(9-11)23-15(17-12)18-14(20)10-22-16(21)19-7-3-2-4-8-19/h11H,2-10H2,1H3,(H,17,18,20). The van der Waals surface area contributed by atoms with Crippen molar-refractivity contribution < 1.29 is 4.79 Å². The lowest BCUT2D eigenvalue weighted by Gasteiger charge is -2.28. The second kappa shape index (κ2) is 7.94. The number of fused-ring (bicyclic) bond motifs is 1. The molecule has 0 aromatic carbocycles. The van der Waals surface area contributed by atoms with Crippen molar-refractivity contribution in [2.24, 2.45) is 5.92 Å². The second-order valence-electron chi connectivity index (χ2n) is 6.39. The molecule has 1 atom stereocenters. The number of hydrogen-bond donors (Lipinski definition) is 1. The van der Waals surface area contributed by atoms with Gasteiger partial charge in [-0.15, -0.1) is 11.3 Å². The predicted molar refractivity (Wildman–Crippen MR) is 102 cm³/mol. The lowest BCUT2D eigenvalue weighted by Crippen LogP contribution is -2.33. The van der Waals surface area contributed by atoms with Gasteiger partial charge in [-0.1, -0.05) is 30.9 Å². The smallest absolute Gasteiger partial charge is 0.236 e. The van der Waals surface area contributed by atoms with Crippen LogP contribution in [-0.4, -0.2) is 39.0 Å². The average Bonchev–Trinajstić information content (AvgIpc) is 2.94. The lowest BCUT2D eigenvalue weighted by molar-refractivity contribution is -0.113. The molecule has 1 amide bonds. The van der Waals surface area contributed by atoms with E-state index in [0.717, 1.165) is 41.3 Å². The molecule has 4 nitrogen and oxygen atoms in total. The first-order valence-corrected chi connectivity index (χ1v) is 10.5. The van der Waals surface area contributed by atoms with Crippen molar-refractivity contribution in [2.75, 3.05) is 24.2 Å². The van der Waals surface area contributed by atoms with Gasteiger partial charge < -0.3 is 10.2 Å². The van der Waals surface area contributed by atoms with Crippen molar-refractivity contribution in [2.45, 2.75) is 45.4 Å². The van der Waals surface area contributed by atoms with Crippen molar-refractivity contribution in [3.63, 3.8) is 0 Å². The van der Waals surface area contributed by atoms with Crippen molar-refractivity contribution in [3.8, 4) is 0 Å². The number of nitrogens with zero attached hydrogens (tertiary/aromatic N) is 2. The summed E-state index contributed by atoms with van der Waals surface area (Å²) in [5, 5.41) is 3.69. The molecule has 7 heteroatoms. The average molecular weight is 370 g/mol. The van der Waals surface area contributed by atoms with Gasteiger partial charge in [-0.05, 0) is 44.4 Å². The summed E-state index contributed by atoms with van der Waals surface area (Å²) in [6.45, 7) is 4.34. The normalized spacial score (nSPS) is 20.9. The maximum atomic E-state index is 12.1. The number of carbonyl (C=O) groups is 1. The number of anilines is 1. The van der Waals surface area contributed by atoms with Gasteiger partial charge in [0.05, 0.1) is 11.4 Å². The van der Waals surface area contributed by atoms with Crippen LogP contribution in [0.1, 0.15) is 43.2 Å². The van der Waals surface area contributed by atoms with Crippen molar-refractivity contribution >= 4 is 50.7 Å². The van der Waals surface area contributed by atoms with E-state index in [4.69, 9.17) is 12.2 Å². The summed E-state index contributed by atoms with van der Waals surface area (Å²) in [6.07, 6.45) is 7.03. The van der Waals surface area contributed by atoms with E-state index < -0.39 is 0 Å². The minimum atomic E-state index is -0.00601. The first kappa shape index (κ1) is 17.2. The Kier molecular flexibility index (Phi) is 5.93. The molecular weight excluding hydrogens is 346 g/mol. The molecule has 1 N–H and O–H groups in total. The molecule has 0 spiro atoms. The minimum Gasteiger partial charge on any atom is -0.358 e. The van der Waals surface area contributed by atoms with Crippen LogP contribution in [0.5, 0.6) is 0 Å². The number of rotatable bonds is 3. The molecule has 126 valence electrons. The molecule has 1 aromatic rings. The highest BCUT2D eigenvalue weighted by atomic mass is 32.2. The van der Waals surface area contributed by atoms with Crippen molar-refractivity contribution in [1.29, 1.82) is 0 Å². The summed E-state index contributed by atoms with van der Waals surface area (Å²) in [5.74, 6) is 1.09. The molecule has 1 fully saturated rings. The van der Waals surface area contributed by atoms with E-state index in [0.29, 0.717) is 5.75 Å². The lowest BCUT2D eigenvalue weighted by atomic mass is 9.93. The molecule has 1 unspecified atom stereocenters. The van der Waals surface area contributed by atoms with Crippen molar-refractivity contribution in [1.82, 2.24) is 9.88 Å². The van der Waals surface area contributed by atoms with Crippen LogP contribution in [0.25, 0.3) is 0 Å². The molecule has 1 aliphatic carbocycles. The predicted octanol–water partition coefficient (Wildman–Crippen LogP) is 3.71. The van der Waals surface area contributed by atoms with Crippen LogP contribution >= 0.6 is 35.3 Å². The highest BCUT2D eigenvalue weighted by Crippen LogP contribution is 2.32. The number of carbonyl (C=O) groups excluding carboxylic acids is 1. The van der Waals surface area contributed by atoms with Gasteiger partial charge in [0, 0.05) is 18.0 Å². The van der Waals surface area contributed by atoms with Gasteiger partial charge >= 0.3 is 0 Å². The molecule has 1 saturated heterocycles. The zero-order valence-electron chi connectivity index (χ0n) is 13.5. The number of hydrogen-bond acceptors (Lipinski definition) is 5. The van der Waals surface area contributed by atoms with E-state index in [9.17, 15) is 4.79 Å². The molecule has 3 rings (SSSR count). The molecule has 0 bridgehead atoms. The van der Waals surface area contributed by atoms with Crippen molar-refractivity contribution in [3.05, 3.63) is 10.6 Å². The Labute approximate surface area is 151 Å². The van der Waals surface area contributed by atoms with Crippen LogP contribution in [-0.2, 0) is 17.6 Å². The van der Waals surface area contributed by atoms with Gasteiger partial charge in [-0.3, -0.25) is 4.79 Å². The number of amides is 1. The van der Waals surface area contributed by atoms with Crippen LogP contribution in [0.3, 0.4) is 0 Å². The van der Waals surface area contributed by atoms with E-state index in [1.54, 1.807) is 11.3 Å². The maximum absolute atomic E-state index is 12.1. The van der Waals surface area contributed by atoms with E-state index in [1.807, 2.05) is 0 Å². The maximum Gasteiger partial charge on any atom is 0.236 e. The summed E-state index contributed by atoms with van der Waals surface area (Å²) in [6, 6.07) is 0. The second-order valence-corrected chi connectivity index (χ2v) is 9.08. The van der Waals surface area contributed by atoms with E-state index in [-0.39, 0.29) is 5.91 Å². The van der Waals surface area contributed by atoms with Crippen LogP contribution in [0, 0.1) is 5.92 Å². The van der Waals surface area contributed by atoms with E-state index >= 15 is 0 Å². The highest BCUT2D eigenvalue weighted by molar-refractivity contribution is 8.23. The van der Waals surface area contributed by atoms with Gasteiger partial charge in [-0.2, -0.15) is 0 Å². The molecule has 0 saturated carbocycles. The summed E-state index contributed by atoms with van der Waals surface area (Å²) >= 11 is 8.54. The Morgan fingerprint density at radius 3 is 3.00 bits per heavy atom. The third-order valence-electron chi connectivity index (χ3n) is 4.37. The Morgan fingerprint density at radius 1 is 1.43 bits per heavy atom. The Bertz CT molecular complexity index is 581. The highest BCUT2D eigenvalue weighted by Gasteiger charge is 2.21. The SMILES string of the molecule is CC1CCc2nc(NC(=O)CSC(=S)N3CCCCC3)sc2C1. The fourth-order valence-electron chi connectivity index (χ4n) is 3.04. The van der Waals surface area contributed by atoms with Gasteiger partial charge in [0.2, 0.25) is 5.91 Å². The topological polar surface area (TPSA) is 45.2 Å². The molecule has 23 heavy (non-hydrogen) atoms. The fraction of sp³-hybridized carbons (Fsp3) is 0.688. The summed E-state index contributed by atoms with van der Waals surface area (Å²) in [4.78, 5) is 20.3. The summed E-state index contributed by atoms with van der Waals surface area (Å²) in [5.41, 5.74) is 1.18. The van der Waals surface area contributed by atoms with E-state index in [1.165, 1.54) is 48.0 Å². The van der Waals surface area contributed by atoms with Crippen LogP contribution in [0.15, 0.2) is 0 Å². The zero-order valence-corrected chi connectivity index (χ0v) is 15.9. The summed E-state index contributed by atoms with van der Waals surface area (Å²) in [7, 11) is 0. The number of nitrogens with one attached hydrogen (secondary N) is 1. The third-order valence-corrected chi connectivity index (χ3v) is 6.93. The monoisotopic (exact) mass is 369 g/mol. The summed E-state index contributed by atoms with van der Waals surface area (Å²) < 4.78 is 0.854. The molecule has 1 aromatic heterocycles. The Balaban J connectivity index is 1.47. The molecular formula is C16H23N3OS3. The molecule has 0 radical (unpaired) electrons. The number of aryl methyl sites for hydroxylation is 1. The number of thiazole rings is 1. The van der Waals surface area contributed by atoms with Gasteiger partial charge in [-0.25, -0.2) is 4.98 Å². The molecule has 1 aliphatic heterocycles. The first-order valence-electron chi connectivity index (χ1n) is 8.32. The third kappa shape index (κ3) is 4.67.